The molecule has 0 saturated carbocycles. The molecule has 0 heterocycles. The summed E-state index contributed by atoms with van der Waals surface area (Å²) in [5.74, 6) is -1.55. The van der Waals surface area contributed by atoms with Crippen LogP contribution in [0.15, 0.2) is 84.0 Å². The van der Waals surface area contributed by atoms with Gasteiger partial charge in [0, 0.05) is 17.8 Å². The van der Waals surface area contributed by atoms with Crippen molar-refractivity contribution in [1.82, 2.24) is 10.7 Å². The van der Waals surface area contributed by atoms with Crippen molar-refractivity contribution < 1.29 is 19.1 Å². The number of rotatable bonds is 9. The Morgan fingerprint density at radius 3 is 2.35 bits per heavy atom. The predicted molar refractivity (Wildman–Crippen MR) is 131 cm³/mol. The summed E-state index contributed by atoms with van der Waals surface area (Å²) in [5, 5.41) is 9.14. The highest BCUT2D eigenvalue weighted by atomic mass is 16.5. The van der Waals surface area contributed by atoms with Crippen LogP contribution in [0.2, 0.25) is 0 Å². The Kier molecular flexibility index (Phi) is 8.92. The quantitative estimate of drug-likeness (QED) is 0.260. The molecule has 0 aromatic heterocycles. The van der Waals surface area contributed by atoms with Gasteiger partial charge in [0.1, 0.15) is 5.75 Å². The van der Waals surface area contributed by atoms with Gasteiger partial charge in [-0.2, -0.15) is 5.10 Å². The lowest BCUT2D eigenvalue weighted by Crippen LogP contribution is -2.38. The fraction of sp³-hybridized carbons (Fsp3) is 0.154. The number of anilines is 1. The van der Waals surface area contributed by atoms with E-state index in [0.717, 1.165) is 11.1 Å². The molecule has 3 rings (SSSR count). The number of hydrogen-bond donors (Lipinski definition) is 3. The third kappa shape index (κ3) is 7.90. The molecule has 34 heavy (non-hydrogen) atoms. The van der Waals surface area contributed by atoms with Crippen LogP contribution >= 0.6 is 0 Å². The second-order valence-corrected chi connectivity index (χ2v) is 7.43. The normalized spacial score (nSPS) is 10.5. The van der Waals surface area contributed by atoms with E-state index >= 15 is 0 Å². The van der Waals surface area contributed by atoms with Crippen molar-refractivity contribution in [2.24, 2.45) is 5.10 Å². The molecule has 0 fully saturated rings. The van der Waals surface area contributed by atoms with Crippen LogP contribution in [0.5, 0.6) is 5.75 Å². The number of nitrogens with one attached hydrogen (secondary N) is 3. The number of amides is 3. The van der Waals surface area contributed by atoms with E-state index in [1.54, 1.807) is 24.3 Å². The maximum Gasteiger partial charge on any atom is 0.329 e. The molecule has 0 atom stereocenters. The molecule has 3 aromatic carbocycles. The van der Waals surface area contributed by atoms with E-state index in [-0.39, 0.29) is 12.5 Å². The minimum atomic E-state index is -0.875. The fourth-order valence-electron chi connectivity index (χ4n) is 2.95. The minimum Gasteiger partial charge on any atom is -0.483 e. The second-order valence-electron chi connectivity index (χ2n) is 7.43. The van der Waals surface area contributed by atoms with Crippen molar-refractivity contribution >= 4 is 29.6 Å². The first-order chi connectivity index (χ1) is 16.5. The smallest absolute Gasteiger partial charge is 0.329 e. The summed E-state index contributed by atoms with van der Waals surface area (Å²) in [5.41, 5.74) is 5.57. The summed E-state index contributed by atoms with van der Waals surface area (Å²) in [6.45, 7) is 2.10. The van der Waals surface area contributed by atoms with Crippen molar-refractivity contribution in [1.29, 1.82) is 0 Å². The topological polar surface area (TPSA) is 109 Å². The Balaban J connectivity index is 1.45. The van der Waals surface area contributed by atoms with Crippen LogP contribution < -0.4 is 20.8 Å². The van der Waals surface area contributed by atoms with Crippen LogP contribution in [0.4, 0.5) is 5.69 Å². The molecule has 8 heteroatoms. The van der Waals surface area contributed by atoms with Crippen LogP contribution in [0.3, 0.4) is 0 Å². The van der Waals surface area contributed by atoms with Crippen LogP contribution in [0.25, 0.3) is 0 Å². The third-order valence-corrected chi connectivity index (χ3v) is 4.73. The van der Waals surface area contributed by atoms with Gasteiger partial charge in [0.15, 0.2) is 6.61 Å². The van der Waals surface area contributed by atoms with Crippen LogP contribution in [-0.4, -0.2) is 37.1 Å². The van der Waals surface area contributed by atoms with Gasteiger partial charge < -0.3 is 15.4 Å². The van der Waals surface area contributed by atoms with E-state index in [2.05, 4.69) is 21.2 Å². The lowest BCUT2D eigenvalue weighted by molar-refractivity contribution is -0.139. The van der Waals surface area contributed by atoms with E-state index in [0.29, 0.717) is 30.0 Å². The van der Waals surface area contributed by atoms with Gasteiger partial charge in [0.2, 0.25) is 0 Å². The molecular weight excluding hydrogens is 432 g/mol. The molecule has 0 aliphatic rings. The monoisotopic (exact) mass is 458 g/mol. The third-order valence-electron chi connectivity index (χ3n) is 4.73. The Morgan fingerprint density at radius 2 is 1.59 bits per heavy atom. The van der Waals surface area contributed by atoms with Crippen molar-refractivity contribution in [3.05, 3.63) is 95.6 Å². The average molecular weight is 459 g/mol. The Hall–Kier alpha value is -4.46. The first-order valence-electron chi connectivity index (χ1n) is 10.7. The highest BCUT2D eigenvalue weighted by Crippen LogP contribution is 2.16. The number of carbonyl (C=O) groups excluding carboxylic acids is 3. The van der Waals surface area contributed by atoms with E-state index in [1.165, 1.54) is 6.21 Å². The van der Waals surface area contributed by atoms with Crippen LogP contribution in [-0.2, 0) is 20.8 Å². The lowest BCUT2D eigenvalue weighted by atomic mass is 10.1. The largest absolute Gasteiger partial charge is 0.483 e. The number of nitrogens with zero attached hydrogens (tertiary/aromatic N) is 1. The standard InChI is InChI=1S/C26H26N4O4/c1-19-11-13-22(14-12-19)29-24(31)18-34-23-10-6-5-9-21(23)17-28-30-26(33)25(32)27-16-15-20-7-3-2-4-8-20/h2-14,17H,15-16,18H2,1H3,(H,27,32)(H,29,31)(H,30,33)/b28-17-. The van der Waals surface area contributed by atoms with Gasteiger partial charge in [-0.1, -0.05) is 60.2 Å². The lowest BCUT2D eigenvalue weighted by Gasteiger charge is -2.10. The molecule has 0 aliphatic carbocycles. The molecule has 0 radical (unpaired) electrons. The fourth-order valence-corrected chi connectivity index (χ4v) is 2.95. The van der Waals surface area contributed by atoms with Gasteiger partial charge in [-0.3, -0.25) is 14.4 Å². The Bertz CT molecular complexity index is 1140. The maximum atomic E-state index is 12.2. The van der Waals surface area contributed by atoms with E-state index in [1.807, 2.05) is 61.5 Å². The number of benzene rings is 3. The first-order valence-corrected chi connectivity index (χ1v) is 10.7. The highest BCUT2D eigenvalue weighted by molar-refractivity contribution is 6.35. The second kappa shape index (κ2) is 12.5. The molecule has 0 bridgehead atoms. The summed E-state index contributed by atoms with van der Waals surface area (Å²) in [6.07, 6.45) is 1.97. The number of aryl methyl sites for hydroxylation is 1. The molecule has 0 aliphatic heterocycles. The molecule has 3 amide bonds. The number of carbonyl (C=O) groups is 3. The average Bonchev–Trinajstić information content (AvgIpc) is 2.85. The summed E-state index contributed by atoms with van der Waals surface area (Å²) in [4.78, 5) is 36.0. The Labute approximate surface area is 198 Å². The van der Waals surface area contributed by atoms with Gasteiger partial charge in [-0.25, -0.2) is 5.43 Å². The summed E-state index contributed by atoms with van der Waals surface area (Å²) in [7, 11) is 0. The van der Waals surface area contributed by atoms with Crippen molar-refractivity contribution in [3.63, 3.8) is 0 Å². The minimum absolute atomic E-state index is 0.199. The van der Waals surface area contributed by atoms with Gasteiger partial charge >= 0.3 is 11.8 Å². The summed E-state index contributed by atoms with van der Waals surface area (Å²) in [6, 6.07) is 24.0. The van der Waals surface area contributed by atoms with Crippen molar-refractivity contribution in [3.8, 4) is 5.75 Å². The SMILES string of the molecule is Cc1ccc(NC(=O)COc2ccccc2/C=N\NC(=O)C(=O)NCCc2ccccc2)cc1. The van der Waals surface area contributed by atoms with Crippen LogP contribution in [0.1, 0.15) is 16.7 Å². The maximum absolute atomic E-state index is 12.2. The van der Waals surface area contributed by atoms with Gasteiger partial charge in [-0.15, -0.1) is 0 Å². The number of para-hydroxylation sites is 1. The first kappa shape index (κ1) is 24.2. The number of ether oxygens (including phenoxy) is 1. The zero-order valence-electron chi connectivity index (χ0n) is 18.8. The predicted octanol–water partition coefficient (Wildman–Crippen LogP) is 2.82. The van der Waals surface area contributed by atoms with Crippen molar-refractivity contribution in [2.75, 3.05) is 18.5 Å². The van der Waals surface area contributed by atoms with E-state index in [4.69, 9.17) is 4.74 Å². The van der Waals surface area contributed by atoms with Gasteiger partial charge in [-0.05, 0) is 43.2 Å². The summed E-state index contributed by atoms with van der Waals surface area (Å²) < 4.78 is 5.60. The zero-order valence-corrected chi connectivity index (χ0v) is 18.8. The molecule has 0 spiro atoms. The van der Waals surface area contributed by atoms with E-state index < -0.39 is 11.8 Å². The molecule has 0 saturated heterocycles. The van der Waals surface area contributed by atoms with Crippen LogP contribution in [0, 0.1) is 6.92 Å². The molecule has 3 aromatic rings. The molecule has 8 nitrogen and oxygen atoms in total. The molecule has 174 valence electrons. The Morgan fingerprint density at radius 1 is 0.882 bits per heavy atom. The van der Waals surface area contributed by atoms with Gasteiger partial charge in [0.25, 0.3) is 5.91 Å². The molecular formula is C26H26N4O4. The number of hydrazone groups is 1. The van der Waals surface area contributed by atoms with E-state index in [9.17, 15) is 14.4 Å². The van der Waals surface area contributed by atoms with Gasteiger partial charge in [0.05, 0.1) is 6.21 Å². The molecule has 3 N–H and O–H groups in total. The van der Waals surface area contributed by atoms with Crippen molar-refractivity contribution in [2.45, 2.75) is 13.3 Å². The molecule has 0 unspecified atom stereocenters. The zero-order chi connectivity index (χ0) is 24.2. The highest BCUT2D eigenvalue weighted by Gasteiger charge is 2.12. The summed E-state index contributed by atoms with van der Waals surface area (Å²) >= 11 is 0. The number of hydrogen-bond acceptors (Lipinski definition) is 5.